The van der Waals surface area contributed by atoms with Crippen molar-refractivity contribution in [3.05, 3.63) is 101 Å². The van der Waals surface area contributed by atoms with Gasteiger partial charge in [0.1, 0.15) is 17.4 Å². The van der Waals surface area contributed by atoms with E-state index >= 15 is 0 Å². The predicted molar refractivity (Wildman–Crippen MR) is 165 cm³/mol. The standard InChI is InChI=1S/C27H24FN3O2.C8H14O2.Na/c1-20-24(18-32)3-2-4-27(20)33-19-22-7-5-21(6-8-22)17-30-11-13-31(14-12-30)26-10-9-23(16-29)15-25(26)28;1-3-8(10)6-4-5-7(2)9;/h2-10,15H,1,11-14,17,19H2;3-6H2,1-2H3;/q-2;;+1. The zero-order valence-corrected chi connectivity index (χ0v) is 27.9. The summed E-state index contributed by atoms with van der Waals surface area (Å²) in [4.78, 5) is 36.4. The summed E-state index contributed by atoms with van der Waals surface area (Å²) in [6.45, 7) is 11.6. The van der Waals surface area contributed by atoms with E-state index in [4.69, 9.17) is 10.00 Å². The molecule has 0 aromatic heterocycles. The van der Waals surface area contributed by atoms with Gasteiger partial charge >= 0.3 is 29.6 Å². The van der Waals surface area contributed by atoms with Crippen LogP contribution in [0.1, 0.15) is 67.3 Å². The first-order valence-electron chi connectivity index (χ1n) is 14.5. The van der Waals surface area contributed by atoms with Crippen LogP contribution in [0.2, 0.25) is 0 Å². The molecule has 0 spiro atoms. The average molecular weight is 607 g/mol. The Morgan fingerprint density at radius 1 is 1.02 bits per heavy atom. The van der Waals surface area contributed by atoms with Crippen LogP contribution in [0.15, 0.2) is 60.7 Å². The molecule has 0 atom stereocenters. The monoisotopic (exact) mass is 606 g/mol. The van der Waals surface area contributed by atoms with Gasteiger partial charge in [-0.2, -0.15) is 5.26 Å². The minimum Gasteiger partial charge on any atom is -0.559 e. The van der Waals surface area contributed by atoms with Crippen molar-refractivity contribution in [1.29, 1.82) is 5.26 Å². The normalized spacial score (nSPS) is 12.6. The molecule has 0 bridgehead atoms. The fourth-order valence-corrected chi connectivity index (χ4v) is 4.65. The van der Waals surface area contributed by atoms with E-state index in [1.165, 1.54) is 11.6 Å². The van der Waals surface area contributed by atoms with Gasteiger partial charge in [-0.25, -0.2) is 10.5 Å². The molecule has 0 unspecified atom stereocenters. The molecule has 0 N–H and O–H groups in total. The quantitative estimate of drug-likeness (QED) is 0.231. The number of Topliss-reactive ketones (excluding diaryl/α,β-unsaturated/α-hetero) is 2. The summed E-state index contributed by atoms with van der Waals surface area (Å²) in [6.07, 6.45) is 4.30. The Morgan fingerprint density at radius 2 is 1.70 bits per heavy atom. The maximum absolute atomic E-state index is 14.3. The van der Waals surface area contributed by atoms with Crippen molar-refractivity contribution < 1.29 is 53.1 Å². The van der Waals surface area contributed by atoms with Gasteiger partial charge in [-0.3, -0.25) is 27.7 Å². The van der Waals surface area contributed by atoms with Crippen LogP contribution in [-0.2, 0) is 27.5 Å². The van der Waals surface area contributed by atoms with Gasteiger partial charge in [-0.15, -0.1) is 12.1 Å². The van der Waals surface area contributed by atoms with Crippen LogP contribution in [0.5, 0.6) is 5.75 Å². The molecule has 1 aliphatic heterocycles. The van der Waals surface area contributed by atoms with E-state index in [9.17, 15) is 18.8 Å². The third kappa shape index (κ3) is 11.5. The second kappa shape index (κ2) is 19.0. The topological polar surface area (TPSA) is 90.7 Å². The number of piperazine rings is 1. The molecule has 1 fully saturated rings. The summed E-state index contributed by atoms with van der Waals surface area (Å²) in [5.74, 6) is 0.656. The molecule has 3 aromatic carbocycles. The van der Waals surface area contributed by atoms with Crippen LogP contribution in [0.4, 0.5) is 10.1 Å². The Bertz CT molecular complexity index is 1430. The summed E-state index contributed by atoms with van der Waals surface area (Å²) >= 11 is 0. The fraction of sp³-hybridized carbons (Fsp3) is 0.343. The van der Waals surface area contributed by atoms with Crippen LogP contribution < -0.4 is 39.2 Å². The molecular weight excluding hydrogens is 568 g/mol. The molecule has 0 aliphatic carbocycles. The number of hydrogen-bond donors (Lipinski definition) is 0. The second-order valence-corrected chi connectivity index (χ2v) is 10.5. The first-order valence-corrected chi connectivity index (χ1v) is 14.5. The zero-order chi connectivity index (χ0) is 31.2. The fourth-order valence-electron chi connectivity index (χ4n) is 4.65. The molecule has 1 aliphatic rings. The average Bonchev–Trinajstić information content (AvgIpc) is 3.01. The van der Waals surface area contributed by atoms with Crippen LogP contribution in [-0.4, -0.2) is 48.9 Å². The summed E-state index contributed by atoms with van der Waals surface area (Å²) in [6, 6.07) is 20.1. The van der Waals surface area contributed by atoms with Gasteiger partial charge in [0, 0.05) is 52.0 Å². The largest absolute Gasteiger partial charge is 1.00 e. The minimum absolute atomic E-state index is 0. The van der Waals surface area contributed by atoms with E-state index in [0.29, 0.717) is 54.0 Å². The summed E-state index contributed by atoms with van der Waals surface area (Å²) < 4.78 is 20.1. The number of hydrogen-bond acceptors (Lipinski definition) is 7. The number of ketones is 2. The summed E-state index contributed by atoms with van der Waals surface area (Å²) in [7, 11) is 0. The Kier molecular flexibility index (Phi) is 15.9. The van der Waals surface area contributed by atoms with Crippen LogP contribution >= 0.6 is 0 Å². The van der Waals surface area contributed by atoms with E-state index in [0.717, 1.165) is 44.7 Å². The number of carbonyl (C=O) groups is 2. The predicted octanol–water partition coefficient (Wildman–Crippen LogP) is 2.97. The number of nitriles is 1. The molecular formula is C35H38FN3NaO4-. The summed E-state index contributed by atoms with van der Waals surface area (Å²) in [5, 5.41) is 8.91. The Hall–Kier alpha value is -3.48. The van der Waals surface area contributed by atoms with Crippen molar-refractivity contribution in [2.75, 3.05) is 31.1 Å². The van der Waals surface area contributed by atoms with E-state index in [1.54, 1.807) is 37.3 Å². The number of anilines is 1. The number of rotatable bonds is 12. The molecule has 9 heteroatoms. The van der Waals surface area contributed by atoms with Crippen molar-refractivity contribution in [1.82, 2.24) is 4.90 Å². The molecule has 4 rings (SSSR count). The third-order valence-electron chi connectivity index (χ3n) is 7.24. The molecule has 44 heavy (non-hydrogen) atoms. The number of ether oxygens (including phenoxy) is 1. The number of halogens is 1. The summed E-state index contributed by atoms with van der Waals surface area (Å²) in [5.41, 5.74) is 4.07. The van der Waals surface area contributed by atoms with Crippen LogP contribution in [0.3, 0.4) is 0 Å². The van der Waals surface area contributed by atoms with Gasteiger partial charge in [-0.05, 0) is 54.7 Å². The van der Waals surface area contributed by atoms with Gasteiger partial charge < -0.3 is 19.2 Å². The van der Waals surface area contributed by atoms with Gasteiger partial charge in [0.15, 0.2) is 0 Å². The maximum atomic E-state index is 14.3. The number of carbonyl (C=O) groups excluding carboxylic acids is 3. The van der Waals surface area contributed by atoms with Crippen molar-refractivity contribution in [2.45, 2.75) is 52.7 Å². The molecule has 7 nitrogen and oxygen atoms in total. The zero-order valence-electron chi connectivity index (χ0n) is 25.9. The van der Waals surface area contributed by atoms with Crippen LogP contribution in [0, 0.1) is 24.1 Å². The molecule has 1 saturated heterocycles. The van der Waals surface area contributed by atoms with Gasteiger partial charge in [0.25, 0.3) is 0 Å². The Morgan fingerprint density at radius 3 is 2.30 bits per heavy atom. The smallest absolute Gasteiger partial charge is 0.559 e. The molecule has 3 aromatic rings. The SMILES string of the molecule is CCC(=O)CCCC(C)=O.[CH2-]c1c([C-]=O)cccc1OCc1ccc(CN2CCN(c3ccc(C#N)cc3F)CC2)cc1.[Na+]. The Labute approximate surface area is 282 Å². The van der Waals surface area contributed by atoms with Crippen molar-refractivity contribution >= 4 is 23.5 Å². The molecule has 226 valence electrons. The van der Waals surface area contributed by atoms with Crippen molar-refractivity contribution in [3.8, 4) is 11.8 Å². The van der Waals surface area contributed by atoms with Crippen molar-refractivity contribution in [3.63, 3.8) is 0 Å². The first kappa shape index (κ1) is 36.7. The Balaban J connectivity index is 0.000000531. The van der Waals surface area contributed by atoms with Crippen molar-refractivity contribution in [2.24, 2.45) is 0 Å². The van der Waals surface area contributed by atoms with Crippen LogP contribution in [0.25, 0.3) is 0 Å². The molecule has 0 amide bonds. The molecule has 1 heterocycles. The minimum atomic E-state index is -0.345. The second-order valence-electron chi connectivity index (χ2n) is 10.5. The van der Waals surface area contributed by atoms with E-state index in [-0.39, 0.29) is 46.9 Å². The molecule has 0 radical (unpaired) electrons. The number of benzene rings is 3. The number of nitrogens with zero attached hydrogens (tertiary/aromatic N) is 3. The third-order valence-corrected chi connectivity index (χ3v) is 7.24. The van der Waals surface area contributed by atoms with E-state index < -0.39 is 0 Å². The maximum Gasteiger partial charge on any atom is 1.00 e. The first-order chi connectivity index (χ1) is 20.7. The van der Waals surface area contributed by atoms with Gasteiger partial charge in [0.05, 0.1) is 23.9 Å². The van der Waals surface area contributed by atoms with E-state index in [1.807, 2.05) is 36.3 Å². The molecule has 0 saturated carbocycles. The van der Waals surface area contributed by atoms with Gasteiger partial charge in [-0.1, -0.05) is 31.2 Å². The van der Waals surface area contributed by atoms with E-state index in [2.05, 4.69) is 24.0 Å². The van der Waals surface area contributed by atoms with Gasteiger partial charge in [0.2, 0.25) is 0 Å².